The van der Waals surface area contributed by atoms with Crippen molar-refractivity contribution in [2.75, 3.05) is 0 Å². The molecule has 4 aromatic rings. The predicted molar refractivity (Wildman–Crippen MR) is 136 cm³/mol. The van der Waals surface area contributed by atoms with Gasteiger partial charge in [0.2, 0.25) is 0 Å². The second-order valence-corrected chi connectivity index (χ2v) is 11.3. The van der Waals surface area contributed by atoms with Gasteiger partial charge in [-0.25, -0.2) is 0 Å². The van der Waals surface area contributed by atoms with Crippen molar-refractivity contribution in [3.8, 4) is 11.1 Å². The number of hydrogen-bond acceptors (Lipinski definition) is 7. The fourth-order valence-corrected chi connectivity index (χ4v) is 5.43. The summed E-state index contributed by atoms with van der Waals surface area (Å²) in [7, 11) is -8.59. The van der Waals surface area contributed by atoms with Crippen molar-refractivity contribution in [3.63, 3.8) is 0 Å². The maximum atomic E-state index is 12.5. The molecule has 0 radical (unpaired) electrons. The molecule has 0 unspecified atom stereocenters. The van der Waals surface area contributed by atoms with Crippen LogP contribution in [0.3, 0.4) is 0 Å². The van der Waals surface area contributed by atoms with Gasteiger partial charge in [-0.3, -0.25) is 0 Å². The molecule has 0 spiro atoms. The SMILES string of the molecule is Cc1ccc(S(=O)(=O)ONOS(=O)(=O)c2ccc(C=C3c4ccccc4-c4ccccc43)cc2)cc1. The fraction of sp³-hybridized carbons (Fsp3) is 0.0370. The zero-order chi connectivity index (χ0) is 25.3. The van der Waals surface area contributed by atoms with Crippen LogP contribution in [0.5, 0.6) is 0 Å². The third kappa shape index (κ3) is 4.75. The van der Waals surface area contributed by atoms with Gasteiger partial charge in [-0.05, 0) is 76.3 Å². The van der Waals surface area contributed by atoms with Crippen molar-refractivity contribution in [1.82, 2.24) is 5.64 Å². The van der Waals surface area contributed by atoms with Crippen molar-refractivity contribution in [2.24, 2.45) is 0 Å². The van der Waals surface area contributed by atoms with Gasteiger partial charge in [-0.2, -0.15) is 16.8 Å². The Balaban J connectivity index is 1.32. The van der Waals surface area contributed by atoms with Crippen LogP contribution in [0.25, 0.3) is 22.8 Å². The van der Waals surface area contributed by atoms with E-state index in [1.165, 1.54) is 24.3 Å². The Bertz CT molecular complexity index is 1630. The molecular formula is C27H21NO6S2. The number of aryl methyl sites for hydroxylation is 1. The Morgan fingerprint density at radius 2 is 1.00 bits per heavy atom. The van der Waals surface area contributed by atoms with Crippen molar-refractivity contribution in [1.29, 1.82) is 0 Å². The summed E-state index contributed by atoms with van der Waals surface area (Å²) < 4.78 is 58.5. The monoisotopic (exact) mass is 519 g/mol. The molecule has 1 N–H and O–H groups in total. The number of rotatable bonds is 7. The number of benzene rings is 4. The third-order valence-corrected chi connectivity index (χ3v) is 8.08. The highest BCUT2D eigenvalue weighted by molar-refractivity contribution is 7.87. The Hall–Kier alpha value is -3.60. The van der Waals surface area contributed by atoms with Crippen molar-refractivity contribution < 1.29 is 25.4 Å². The molecule has 0 bridgehead atoms. The predicted octanol–water partition coefficient (Wildman–Crippen LogP) is 5.09. The second kappa shape index (κ2) is 9.45. The molecule has 0 saturated heterocycles. The molecule has 5 rings (SSSR count). The van der Waals surface area contributed by atoms with Crippen LogP contribution in [0, 0.1) is 6.92 Å². The van der Waals surface area contributed by atoms with Gasteiger partial charge in [0.05, 0.1) is 9.79 Å². The number of hydrogen-bond donors (Lipinski definition) is 1. The van der Waals surface area contributed by atoms with E-state index >= 15 is 0 Å². The molecule has 0 atom stereocenters. The molecule has 9 heteroatoms. The zero-order valence-electron chi connectivity index (χ0n) is 19.1. The minimum atomic E-state index is -4.33. The average molecular weight is 520 g/mol. The summed E-state index contributed by atoms with van der Waals surface area (Å²) in [6.45, 7) is 1.80. The summed E-state index contributed by atoms with van der Waals surface area (Å²) in [4.78, 5) is -0.310. The lowest BCUT2D eigenvalue weighted by atomic mass is 10.0. The van der Waals surface area contributed by atoms with Gasteiger partial charge in [0.1, 0.15) is 0 Å². The van der Waals surface area contributed by atoms with Crippen LogP contribution >= 0.6 is 0 Å². The van der Waals surface area contributed by atoms with Crippen LogP contribution < -0.4 is 5.64 Å². The van der Waals surface area contributed by atoms with Gasteiger partial charge in [0.25, 0.3) is 0 Å². The van der Waals surface area contributed by atoms with Crippen molar-refractivity contribution in [3.05, 3.63) is 119 Å². The first-order valence-corrected chi connectivity index (χ1v) is 13.8. The Morgan fingerprint density at radius 3 is 1.47 bits per heavy atom. The molecule has 0 fully saturated rings. The lowest BCUT2D eigenvalue weighted by Crippen LogP contribution is -2.24. The van der Waals surface area contributed by atoms with E-state index in [1.54, 1.807) is 36.8 Å². The molecular weight excluding hydrogens is 498 g/mol. The van der Waals surface area contributed by atoms with Crippen LogP contribution in [0.2, 0.25) is 0 Å². The van der Waals surface area contributed by atoms with E-state index < -0.39 is 20.2 Å². The van der Waals surface area contributed by atoms with Gasteiger partial charge in [-0.15, -0.1) is 8.57 Å². The first-order valence-electron chi connectivity index (χ1n) is 10.9. The van der Waals surface area contributed by atoms with Crippen LogP contribution in [-0.2, 0) is 28.8 Å². The Kier molecular flexibility index (Phi) is 6.33. The molecule has 36 heavy (non-hydrogen) atoms. The highest BCUT2D eigenvalue weighted by atomic mass is 32.2. The smallest absolute Gasteiger partial charge is 0.192 e. The van der Waals surface area contributed by atoms with E-state index in [9.17, 15) is 16.8 Å². The topological polar surface area (TPSA) is 98.8 Å². The highest BCUT2D eigenvalue weighted by Gasteiger charge is 2.23. The Labute approximate surface area is 209 Å². The first-order chi connectivity index (χ1) is 17.2. The lowest BCUT2D eigenvalue weighted by molar-refractivity contribution is -0.00729. The van der Waals surface area contributed by atoms with E-state index in [4.69, 9.17) is 0 Å². The van der Waals surface area contributed by atoms with Gasteiger partial charge in [0, 0.05) is 0 Å². The molecule has 7 nitrogen and oxygen atoms in total. The molecule has 0 aliphatic heterocycles. The molecule has 0 heterocycles. The van der Waals surface area contributed by atoms with Crippen LogP contribution in [0.4, 0.5) is 0 Å². The van der Waals surface area contributed by atoms with E-state index in [0.717, 1.165) is 39.0 Å². The van der Waals surface area contributed by atoms with Crippen LogP contribution in [-0.4, -0.2) is 16.8 Å². The van der Waals surface area contributed by atoms with E-state index in [0.29, 0.717) is 0 Å². The van der Waals surface area contributed by atoms with E-state index in [2.05, 4.69) is 32.8 Å². The van der Waals surface area contributed by atoms with E-state index in [1.807, 2.05) is 30.3 Å². The summed E-state index contributed by atoms with van der Waals surface area (Å²) in [6.07, 6.45) is 2.00. The fourth-order valence-electron chi connectivity index (χ4n) is 4.01. The minimum Gasteiger partial charge on any atom is -0.192 e. The summed E-state index contributed by atoms with van der Waals surface area (Å²) >= 11 is 0. The molecule has 0 amide bonds. The molecule has 0 aromatic heterocycles. The zero-order valence-corrected chi connectivity index (χ0v) is 20.7. The maximum absolute atomic E-state index is 12.5. The average Bonchev–Trinajstić information content (AvgIpc) is 3.18. The summed E-state index contributed by atoms with van der Waals surface area (Å²) in [5.74, 6) is 0. The van der Waals surface area contributed by atoms with Gasteiger partial charge >= 0.3 is 20.2 Å². The molecule has 0 saturated carbocycles. The van der Waals surface area contributed by atoms with Crippen LogP contribution in [0.15, 0.2) is 107 Å². The third-order valence-electron chi connectivity index (χ3n) is 5.80. The van der Waals surface area contributed by atoms with Gasteiger partial charge in [-0.1, -0.05) is 78.4 Å². The van der Waals surface area contributed by atoms with Crippen molar-refractivity contribution >= 4 is 31.9 Å². The summed E-state index contributed by atoms with van der Waals surface area (Å²) in [6, 6.07) is 28.2. The molecule has 1 aliphatic carbocycles. The number of nitrogens with one attached hydrogen (secondary N) is 1. The molecule has 1 aliphatic rings. The van der Waals surface area contributed by atoms with Gasteiger partial charge < -0.3 is 0 Å². The Morgan fingerprint density at radius 1 is 0.583 bits per heavy atom. The summed E-state index contributed by atoms with van der Waals surface area (Å²) in [5, 5.41) is 0. The quantitative estimate of drug-likeness (QED) is 0.299. The molecule has 182 valence electrons. The number of fused-ring (bicyclic) bond motifs is 3. The standard InChI is InChI=1S/C27H21NO6S2/c1-19-10-14-21(15-11-19)35(29,30)33-28-34-36(31,32)22-16-12-20(13-17-22)18-27-25-8-4-2-6-23(25)24-7-3-5-9-26(24)27/h2-18,28H,1H3. The van der Waals surface area contributed by atoms with E-state index in [-0.39, 0.29) is 9.79 Å². The van der Waals surface area contributed by atoms with Crippen molar-refractivity contribution in [2.45, 2.75) is 16.7 Å². The first kappa shape index (κ1) is 24.1. The normalized spacial score (nSPS) is 12.8. The largest absolute Gasteiger partial charge is 0.314 e. The molecule has 4 aromatic carbocycles. The highest BCUT2D eigenvalue weighted by Crippen LogP contribution is 2.44. The maximum Gasteiger partial charge on any atom is 0.314 e. The van der Waals surface area contributed by atoms with Gasteiger partial charge in [0.15, 0.2) is 0 Å². The summed E-state index contributed by atoms with van der Waals surface area (Å²) in [5.41, 5.74) is 8.80. The lowest BCUT2D eigenvalue weighted by Gasteiger charge is -2.08. The second-order valence-electron chi connectivity index (χ2n) is 8.19. The van der Waals surface area contributed by atoms with Crippen LogP contribution in [0.1, 0.15) is 22.3 Å². The minimum absolute atomic E-state index is 0.144.